The van der Waals surface area contributed by atoms with Crippen LogP contribution < -0.4 is 9.47 Å². The maximum Gasteiger partial charge on any atom is 0.257 e. The van der Waals surface area contributed by atoms with Crippen LogP contribution in [0.25, 0.3) is 11.4 Å². The van der Waals surface area contributed by atoms with Gasteiger partial charge in [-0.25, -0.2) is 8.42 Å². The average molecular weight is 445 g/mol. The summed E-state index contributed by atoms with van der Waals surface area (Å²) in [6.07, 6.45) is -0.627. The zero-order valence-corrected chi connectivity index (χ0v) is 17.8. The van der Waals surface area contributed by atoms with E-state index in [0.29, 0.717) is 11.6 Å². The van der Waals surface area contributed by atoms with Crippen molar-refractivity contribution >= 4 is 10.0 Å². The van der Waals surface area contributed by atoms with Crippen LogP contribution in [0.2, 0.25) is 0 Å². The molecule has 1 aliphatic rings. The van der Waals surface area contributed by atoms with E-state index in [0.717, 1.165) is 11.3 Å². The van der Waals surface area contributed by atoms with Crippen molar-refractivity contribution < 1.29 is 27.2 Å². The highest BCUT2D eigenvalue weighted by Gasteiger charge is 2.33. The molecule has 10 heteroatoms. The number of para-hydroxylation sites is 1. The minimum absolute atomic E-state index is 0.0660. The smallest absolute Gasteiger partial charge is 0.257 e. The van der Waals surface area contributed by atoms with E-state index in [9.17, 15) is 8.42 Å². The molecule has 2 aromatic carbocycles. The summed E-state index contributed by atoms with van der Waals surface area (Å²) in [6, 6.07) is 16.3. The maximum atomic E-state index is 12.8. The van der Waals surface area contributed by atoms with Crippen LogP contribution in [0.15, 0.2) is 59.1 Å². The van der Waals surface area contributed by atoms with Crippen molar-refractivity contribution in [2.75, 3.05) is 39.2 Å². The van der Waals surface area contributed by atoms with E-state index >= 15 is 0 Å². The molecular weight excluding hydrogens is 422 g/mol. The van der Waals surface area contributed by atoms with E-state index in [-0.39, 0.29) is 37.9 Å². The third kappa shape index (κ3) is 5.22. The molecule has 1 aromatic heterocycles. The molecule has 0 N–H and O–H groups in total. The summed E-state index contributed by atoms with van der Waals surface area (Å²) in [5, 5.41) is 3.99. The molecule has 1 aliphatic heterocycles. The molecule has 0 bridgehead atoms. The van der Waals surface area contributed by atoms with Gasteiger partial charge in [-0.3, -0.25) is 0 Å². The van der Waals surface area contributed by atoms with Crippen LogP contribution in [0.3, 0.4) is 0 Å². The number of ether oxygens (including phenoxy) is 3. The average Bonchev–Trinajstić information content (AvgIpc) is 3.30. The highest BCUT2D eigenvalue weighted by molar-refractivity contribution is 7.89. The summed E-state index contributed by atoms with van der Waals surface area (Å²) in [5.74, 6) is 1.87. The molecule has 3 aromatic rings. The number of aromatic nitrogens is 2. The molecular formula is C21H23N3O6S. The Kier molecular flexibility index (Phi) is 6.50. The lowest BCUT2D eigenvalue weighted by molar-refractivity contribution is -0.0200. The van der Waals surface area contributed by atoms with Gasteiger partial charge in [-0.05, 0) is 36.4 Å². The van der Waals surface area contributed by atoms with Gasteiger partial charge in [0, 0.05) is 18.7 Å². The number of morpholine rings is 1. The van der Waals surface area contributed by atoms with Crippen LogP contribution >= 0.6 is 0 Å². The fraction of sp³-hybridized carbons (Fsp3) is 0.333. The number of benzene rings is 2. The normalized spacial score (nSPS) is 17.4. The van der Waals surface area contributed by atoms with Gasteiger partial charge >= 0.3 is 0 Å². The summed E-state index contributed by atoms with van der Waals surface area (Å²) in [4.78, 5) is 4.39. The molecule has 0 aliphatic carbocycles. The number of methoxy groups -OCH3 is 1. The Hall–Kier alpha value is -2.95. The van der Waals surface area contributed by atoms with Gasteiger partial charge in [-0.15, -0.1) is 0 Å². The van der Waals surface area contributed by atoms with Gasteiger partial charge in [0.15, 0.2) is 6.10 Å². The summed E-state index contributed by atoms with van der Waals surface area (Å²) in [5.41, 5.74) is 0.758. The Balaban J connectivity index is 1.38. The fourth-order valence-electron chi connectivity index (χ4n) is 3.16. The van der Waals surface area contributed by atoms with Gasteiger partial charge in [0.25, 0.3) is 5.89 Å². The molecule has 31 heavy (non-hydrogen) atoms. The molecule has 0 saturated carbocycles. The molecule has 9 nitrogen and oxygen atoms in total. The largest absolute Gasteiger partial charge is 0.497 e. The molecule has 2 heterocycles. The summed E-state index contributed by atoms with van der Waals surface area (Å²) >= 11 is 0. The first-order valence-corrected chi connectivity index (χ1v) is 11.4. The fourth-order valence-corrected chi connectivity index (χ4v) is 4.43. The highest BCUT2D eigenvalue weighted by Crippen LogP contribution is 2.26. The predicted molar refractivity (Wildman–Crippen MR) is 112 cm³/mol. The minimum atomic E-state index is -3.52. The molecule has 1 atom stereocenters. The van der Waals surface area contributed by atoms with Crippen LogP contribution in [0.4, 0.5) is 0 Å². The van der Waals surface area contributed by atoms with Gasteiger partial charge in [0.2, 0.25) is 15.8 Å². The lowest BCUT2D eigenvalue weighted by Crippen LogP contribution is -2.44. The van der Waals surface area contributed by atoms with Crippen LogP contribution in [0.5, 0.6) is 11.5 Å². The van der Waals surface area contributed by atoms with E-state index in [4.69, 9.17) is 18.7 Å². The molecule has 0 spiro atoms. The number of nitrogens with zero attached hydrogens (tertiary/aromatic N) is 3. The number of hydrogen-bond acceptors (Lipinski definition) is 8. The second-order valence-corrected chi connectivity index (χ2v) is 8.97. The van der Waals surface area contributed by atoms with Crippen molar-refractivity contribution in [1.29, 1.82) is 0 Å². The quantitative estimate of drug-likeness (QED) is 0.521. The van der Waals surface area contributed by atoms with Crippen molar-refractivity contribution in [1.82, 2.24) is 14.4 Å². The molecule has 1 saturated heterocycles. The molecule has 0 unspecified atom stereocenters. The van der Waals surface area contributed by atoms with Gasteiger partial charge in [-0.2, -0.15) is 9.29 Å². The van der Waals surface area contributed by atoms with Crippen molar-refractivity contribution in [3.8, 4) is 22.9 Å². The van der Waals surface area contributed by atoms with Crippen molar-refractivity contribution in [2.24, 2.45) is 0 Å². The van der Waals surface area contributed by atoms with Crippen molar-refractivity contribution in [3.05, 3.63) is 60.5 Å². The van der Waals surface area contributed by atoms with Crippen LogP contribution in [0, 0.1) is 0 Å². The van der Waals surface area contributed by atoms with Gasteiger partial charge < -0.3 is 18.7 Å². The summed E-state index contributed by atoms with van der Waals surface area (Å²) < 4.78 is 48.6. The zero-order valence-electron chi connectivity index (χ0n) is 17.0. The van der Waals surface area contributed by atoms with Crippen molar-refractivity contribution in [3.63, 3.8) is 0 Å². The Morgan fingerprint density at radius 2 is 1.87 bits per heavy atom. The monoisotopic (exact) mass is 445 g/mol. The van der Waals surface area contributed by atoms with Gasteiger partial charge in [0.05, 0.1) is 19.5 Å². The van der Waals surface area contributed by atoms with E-state index < -0.39 is 16.1 Å². The zero-order chi connectivity index (χ0) is 21.7. The minimum Gasteiger partial charge on any atom is -0.497 e. The predicted octanol–water partition coefficient (Wildman–Crippen LogP) is 2.53. The third-order valence-electron chi connectivity index (χ3n) is 4.84. The first-order valence-electron chi connectivity index (χ1n) is 9.80. The van der Waals surface area contributed by atoms with Crippen LogP contribution in [-0.4, -0.2) is 62.0 Å². The van der Waals surface area contributed by atoms with Gasteiger partial charge in [0.1, 0.15) is 18.1 Å². The van der Waals surface area contributed by atoms with Crippen LogP contribution in [0.1, 0.15) is 12.0 Å². The molecule has 1 fully saturated rings. The summed E-state index contributed by atoms with van der Waals surface area (Å²) in [7, 11) is -1.93. The molecule has 0 radical (unpaired) electrons. The molecule has 4 rings (SSSR count). The van der Waals surface area contributed by atoms with E-state index in [1.807, 2.05) is 30.3 Å². The maximum absolute atomic E-state index is 12.8. The van der Waals surface area contributed by atoms with E-state index in [1.54, 1.807) is 31.4 Å². The molecule has 164 valence electrons. The van der Waals surface area contributed by atoms with E-state index in [1.165, 1.54) is 4.31 Å². The third-order valence-corrected chi connectivity index (χ3v) is 6.64. The first-order chi connectivity index (χ1) is 15.0. The Morgan fingerprint density at radius 1 is 1.10 bits per heavy atom. The Bertz CT molecular complexity index is 1090. The second kappa shape index (κ2) is 9.46. The molecule has 0 amide bonds. The Labute approximate surface area is 180 Å². The lowest BCUT2D eigenvalue weighted by Gasteiger charge is -2.30. The Morgan fingerprint density at radius 3 is 2.61 bits per heavy atom. The van der Waals surface area contributed by atoms with Crippen LogP contribution in [-0.2, 0) is 14.8 Å². The number of sulfonamides is 1. The topological polar surface area (TPSA) is 104 Å². The first kappa shape index (κ1) is 21.3. The number of hydrogen-bond donors (Lipinski definition) is 0. The SMILES string of the molecule is COc1ccc(-c2noc([C@@H]3CN(S(=O)(=O)CCOc4ccccc4)CCO3)n2)cc1. The highest BCUT2D eigenvalue weighted by atomic mass is 32.2. The lowest BCUT2D eigenvalue weighted by atomic mass is 10.2. The van der Waals surface area contributed by atoms with Gasteiger partial charge in [-0.1, -0.05) is 23.4 Å². The second-order valence-electron chi connectivity index (χ2n) is 6.88. The number of rotatable bonds is 8. The van der Waals surface area contributed by atoms with E-state index in [2.05, 4.69) is 10.1 Å². The summed E-state index contributed by atoms with van der Waals surface area (Å²) in [6.45, 7) is 0.682. The standard InChI is InChI=1S/C21H23N3O6S/c1-27-17-9-7-16(8-10-17)20-22-21(30-23-20)19-15-24(11-12-29-19)31(25,26)14-13-28-18-5-3-2-4-6-18/h2-10,19H,11-15H2,1H3/t19-/m0/s1. The van der Waals surface area contributed by atoms with Crippen molar-refractivity contribution in [2.45, 2.75) is 6.10 Å².